The lowest BCUT2D eigenvalue weighted by atomic mass is 10.1. The summed E-state index contributed by atoms with van der Waals surface area (Å²) in [5.74, 6) is -0.149. The van der Waals surface area contributed by atoms with Crippen LogP contribution in [0.15, 0.2) is 12.3 Å². The summed E-state index contributed by atoms with van der Waals surface area (Å²) in [6, 6.07) is 1.84. The van der Waals surface area contributed by atoms with Gasteiger partial charge < -0.3 is 11.1 Å². The maximum Gasteiger partial charge on any atom is 0.271 e. The van der Waals surface area contributed by atoms with E-state index in [1.165, 1.54) is 0 Å². The number of nitrogens with two attached hydrogens (primary N) is 1. The Hall–Kier alpha value is -1.36. The molecule has 0 radical (unpaired) electrons. The van der Waals surface area contributed by atoms with Crippen molar-refractivity contribution in [1.82, 2.24) is 15.1 Å². The molecule has 5 heteroatoms. The first kappa shape index (κ1) is 11.7. The Bertz CT molecular complexity index is 332. The summed E-state index contributed by atoms with van der Waals surface area (Å²) < 4.78 is 1.60. The van der Waals surface area contributed by atoms with E-state index >= 15 is 0 Å². The largest absolute Gasteiger partial charge is 0.348 e. The van der Waals surface area contributed by atoms with E-state index < -0.39 is 0 Å². The van der Waals surface area contributed by atoms with E-state index in [2.05, 4.69) is 10.4 Å². The van der Waals surface area contributed by atoms with Crippen molar-refractivity contribution < 1.29 is 4.79 Å². The molecule has 0 aliphatic carbocycles. The van der Waals surface area contributed by atoms with Crippen LogP contribution in [0.4, 0.5) is 0 Å². The summed E-state index contributed by atoms with van der Waals surface area (Å²) in [6.45, 7) is 3.85. The van der Waals surface area contributed by atoms with Crippen molar-refractivity contribution in [2.24, 2.45) is 12.8 Å². The van der Waals surface area contributed by atoms with Gasteiger partial charge in [-0.15, -0.1) is 0 Å². The van der Waals surface area contributed by atoms with Gasteiger partial charge in [-0.2, -0.15) is 5.10 Å². The first-order valence-electron chi connectivity index (χ1n) is 5.05. The van der Waals surface area contributed by atoms with Gasteiger partial charge in [0.25, 0.3) is 5.91 Å². The molecule has 1 rings (SSSR count). The smallest absolute Gasteiger partial charge is 0.271 e. The van der Waals surface area contributed by atoms with E-state index in [9.17, 15) is 4.79 Å². The van der Waals surface area contributed by atoms with Crippen LogP contribution in [0.2, 0.25) is 0 Å². The number of nitrogens with one attached hydrogen (secondary N) is 1. The zero-order valence-electron chi connectivity index (χ0n) is 9.40. The fourth-order valence-corrected chi connectivity index (χ4v) is 1.45. The van der Waals surface area contributed by atoms with Gasteiger partial charge in [0.15, 0.2) is 0 Å². The van der Waals surface area contributed by atoms with Crippen molar-refractivity contribution in [2.75, 3.05) is 0 Å². The molecule has 0 fully saturated rings. The third kappa shape index (κ3) is 3.71. The summed E-state index contributed by atoms with van der Waals surface area (Å²) >= 11 is 0. The topological polar surface area (TPSA) is 72.9 Å². The average molecular weight is 210 g/mol. The summed E-state index contributed by atoms with van der Waals surface area (Å²) in [6.07, 6.45) is 2.50. The summed E-state index contributed by atoms with van der Waals surface area (Å²) in [4.78, 5) is 11.6. The SMILES string of the molecule is CC(N)CC(C)NC(=O)c1ccn(C)n1. The Morgan fingerprint density at radius 1 is 1.67 bits per heavy atom. The minimum atomic E-state index is -0.149. The van der Waals surface area contributed by atoms with E-state index in [1.807, 2.05) is 13.8 Å². The van der Waals surface area contributed by atoms with Gasteiger partial charge in [-0.1, -0.05) is 0 Å². The number of aryl methyl sites for hydroxylation is 1. The molecular formula is C10H18N4O. The molecule has 3 N–H and O–H groups in total. The van der Waals surface area contributed by atoms with Gasteiger partial charge >= 0.3 is 0 Å². The quantitative estimate of drug-likeness (QED) is 0.749. The van der Waals surface area contributed by atoms with E-state index in [4.69, 9.17) is 5.73 Å². The Kier molecular flexibility index (Phi) is 3.85. The number of aromatic nitrogens is 2. The lowest BCUT2D eigenvalue weighted by molar-refractivity contribution is 0.0932. The normalized spacial score (nSPS) is 14.7. The van der Waals surface area contributed by atoms with Crippen LogP contribution in [0, 0.1) is 0 Å². The highest BCUT2D eigenvalue weighted by molar-refractivity contribution is 5.92. The van der Waals surface area contributed by atoms with E-state index in [-0.39, 0.29) is 18.0 Å². The van der Waals surface area contributed by atoms with Gasteiger partial charge in [-0.05, 0) is 26.3 Å². The molecule has 0 saturated carbocycles. The lowest BCUT2D eigenvalue weighted by Crippen LogP contribution is -2.36. The van der Waals surface area contributed by atoms with Crippen LogP contribution in [-0.2, 0) is 7.05 Å². The highest BCUT2D eigenvalue weighted by atomic mass is 16.2. The molecule has 1 heterocycles. The molecule has 84 valence electrons. The zero-order chi connectivity index (χ0) is 11.4. The van der Waals surface area contributed by atoms with Crippen LogP contribution in [-0.4, -0.2) is 27.8 Å². The predicted molar refractivity (Wildman–Crippen MR) is 58.4 cm³/mol. The van der Waals surface area contributed by atoms with Crippen molar-refractivity contribution >= 4 is 5.91 Å². The van der Waals surface area contributed by atoms with Gasteiger partial charge in [0, 0.05) is 25.3 Å². The van der Waals surface area contributed by atoms with Crippen LogP contribution >= 0.6 is 0 Å². The molecule has 2 atom stereocenters. The first-order valence-corrected chi connectivity index (χ1v) is 5.05. The molecule has 0 bridgehead atoms. The van der Waals surface area contributed by atoms with Gasteiger partial charge in [0.1, 0.15) is 5.69 Å². The summed E-state index contributed by atoms with van der Waals surface area (Å²) in [5.41, 5.74) is 6.08. The molecule has 0 spiro atoms. The van der Waals surface area contributed by atoms with Gasteiger partial charge in [0.05, 0.1) is 0 Å². The molecule has 0 saturated heterocycles. The molecule has 1 aromatic heterocycles. The maximum atomic E-state index is 11.6. The van der Waals surface area contributed by atoms with Crippen molar-refractivity contribution in [1.29, 1.82) is 0 Å². The number of carbonyl (C=O) groups excluding carboxylic acids is 1. The summed E-state index contributed by atoms with van der Waals surface area (Å²) in [7, 11) is 1.78. The number of amides is 1. The summed E-state index contributed by atoms with van der Waals surface area (Å²) in [5, 5.41) is 6.86. The second-order valence-electron chi connectivity index (χ2n) is 3.96. The van der Waals surface area contributed by atoms with E-state index in [0.29, 0.717) is 5.69 Å². The molecule has 5 nitrogen and oxygen atoms in total. The monoisotopic (exact) mass is 210 g/mol. The zero-order valence-corrected chi connectivity index (χ0v) is 9.40. The minimum absolute atomic E-state index is 0.0690. The number of hydrogen-bond donors (Lipinski definition) is 2. The average Bonchev–Trinajstić information content (AvgIpc) is 2.49. The van der Waals surface area contributed by atoms with E-state index in [0.717, 1.165) is 6.42 Å². The van der Waals surface area contributed by atoms with Crippen LogP contribution in [0.5, 0.6) is 0 Å². The van der Waals surface area contributed by atoms with Crippen LogP contribution in [0.1, 0.15) is 30.8 Å². The standard InChI is InChI=1S/C10H18N4O/c1-7(11)6-8(2)12-10(15)9-4-5-14(3)13-9/h4-5,7-8H,6,11H2,1-3H3,(H,12,15). The predicted octanol–water partition coefficient (Wildman–Crippen LogP) is 0.276. The fourth-order valence-electron chi connectivity index (χ4n) is 1.45. The third-order valence-electron chi connectivity index (χ3n) is 2.05. The van der Waals surface area contributed by atoms with Gasteiger partial charge in [-0.25, -0.2) is 0 Å². The fraction of sp³-hybridized carbons (Fsp3) is 0.600. The Balaban J connectivity index is 2.49. The maximum absolute atomic E-state index is 11.6. The van der Waals surface area contributed by atoms with Crippen LogP contribution in [0.3, 0.4) is 0 Å². The van der Waals surface area contributed by atoms with Crippen molar-refractivity contribution in [3.05, 3.63) is 18.0 Å². The second-order valence-corrected chi connectivity index (χ2v) is 3.96. The highest BCUT2D eigenvalue weighted by Crippen LogP contribution is 1.98. The molecule has 0 aromatic carbocycles. The Labute approximate surface area is 89.6 Å². The number of rotatable bonds is 4. The second kappa shape index (κ2) is 4.93. The van der Waals surface area contributed by atoms with Crippen molar-refractivity contribution in [2.45, 2.75) is 32.4 Å². The molecule has 1 amide bonds. The molecule has 1 aromatic rings. The molecule has 15 heavy (non-hydrogen) atoms. The Morgan fingerprint density at radius 2 is 2.33 bits per heavy atom. The van der Waals surface area contributed by atoms with Crippen molar-refractivity contribution in [3.63, 3.8) is 0 Å². The van der Waals surface area contributed by atoms with Crippen LogP contribution < -0.4 is 11.1 Å². The molecule has 2 unspecified atom stereocenters. The van der Waals surface area contributed by atoms with E-state index in [1.54, 1.807) is 24.0 Å². The van der Waals surface area contributed by atoms with Crippen LogP contribution in [0.25, 0.3) is 0 Å². The molecule has 0 aliphatic heterocycles. The van der Waals surface area contributed by atoms with Gasteiger partial charge in [0.2, 0.25) is 0 Å². The molecule has 0 aliphatic rings. The Morgan fingerprint density at radius 3 is 2.80 bits per heavy atom. The number of carbonyl (C=O) groups is 1. The highest BCUT2D eigenvalue weighted by Gasteiger charge is 2.12. The lowest BCUT2D eigenvalue weighted by Gasteiger charge is -2.14. The van der Waals surface area contributed by atoms with Crippen molar-refractivity contribution in [3.8, 4) is 0 Å². The minimum Gasteiger partial charge on any atom is -0.348 e. The third-order valence-corrected chi connectivity index (χ3v) is 2.05. The first-order chi connectivity index (χ1) is 6.99. The number of hydrogen-bond acceptors (Lipinski definition) is 3. The number of nitrogens with zero attached hydrogens (tertiary/aromatic N) is 2. The molecular weight excluding hydrogens is 192 g/mol. The van der Waals surface area contributed by atoms with Gasteiger partial charge in [-0.3, -0.25) is 9.48 Å².